The number of thioether (sulfide) groups is 1. The van der Waals surface area contributed by atoms with Crippen molar-refractivity contribution in [2.75, 3.05) is 13.2 Å². The van der Waals surface area contributed by atoms with Gasteiger partial charge in [-0.15, -0.1) is 0 Å². The first-order valence-electron chi connectivity index (χ1n) is 12.6. The number of para-hydroxylation sites is 1. The molecule has 0 atom stereocenters. The summed E-state index contributed by atoms with van der Waals surface area (Å²) < 4.78 is 8.34. The number of hydrogen-bond acceptors (Lipinski definition) is 5. The van der Waals surface area contributed by atoms with Gasteiger partial charge in [-0.3, -0.25) is 9.69 Å². The van der Waals surface area contributed by atoms with Gasteiger partial charge in [0.1, 0.15) is 10.1 Å². The van der Waals surface area contributed by atoms with Gasteiger partial charge in [-0.1, -0.05) is 82.2 Å². The van der Waals surface area contributed by atoms with E-state index in [9.17, 15) is 4.79 Å². The molecule has 0 bridgehead atoms. The van der Waals surface area contributed by atoms with Crippen LogP contribution in [0, 0.1) is 5.92 Å². The Balaban J connectivity index is 1.63. The first-order valence-corrected chi connectivity index (χ1v) is 13.8. The molecule has 2 heterocycles. The van der Waals surface area contributed by atoms with Gasteiger partial charge >= 0.3 is 0 Å². The van der Waals surface area contributed by atoms with Gasteiger partial charge in [0.2, 0.25) is 0 Å². The van der Waals surface area contributed by atoms with Crippen LogP contribution in [-0.2, 0) is 4.79 Å². The average Bonchev–Trinajstić information content (AvgIpc) is 3.42. The predicted molar refractivity (Wildman–Crippen MR) is 153 cm³/mol. The van der Waals surface area contributed by atoms with Crippen LogP contribution in [0.5, 0.6) is 5.75 Å². The Morgan fingerprint density at radius 1 is 1.06 bits per heavy atom. The molecule has 1 aliphatic rings. The molecule has 1 fully saturated rings. The fourth-order valence-electron chi connectivity index (χ4n) is 3.93. The number of benzene rings is 2. The molecule has 0 N–H and O–H groups in total. The number of carbonyl (C=O) groups is 1. The number of amides is 1. The fourth-order valence-corrected chi connectivity index (χ4v) is 5.23. The Morgan fingerprint density at radius 3 is 2.50 bits per heavy atom. The summed E-state index contributed by atoms with van der Waals surface area (Å²) in [7, 11) is 0. The minimum absolute atomic E-state index is 0.0163. The van der Waals surface area contributed by atoms with Crippen LogP contribution >= 0.6 is 24.0 Å². The zero-order valence-electron chi connectivity index (χ0n) is 21.1. The summed E-state index contributed by atoms with van der Waals surface area (Å²) in [6, 6.07) is 18.0. The molecule has 1 aliphatic heterocycles. The molecule has 188 valence electrons. The highest BCUT2D eigenvalue weighted by Gasteiger charge is 2.32. The fraction of sp³-hybridized carbons (Fsp3) is 0.345. The van der Waals surface area contributed by atoms with Crippen molar-refractivity contribution in [1.82, 2.24) is 14.7 Å². The molecule has 1 amide bonds. The van der Waals surface area contributed by atoms with Gasteiger partial charge in [0.05, 0.1) is 22.9 Å². The lowest BCUT2D eigenvalue weighted by Gasteiger charge is -2.13. The van der Waals surface area contributed by atoms with Crippen molar-refractivity contribution in [3.63, 3.8) is 0 Å². The van der Waals surface area contributed by atoms with E-state index in [1.54, 1.807) is 4.90 Å². The standard InChI is InChI=1S/C29H33N3O2S2/c1-4-5-6-10-17-31-28(33)26(36-29(31)35)18-23-19-32(24-11-8-7-9-12-24)30-27(23)22-13-15-25(16-14-22)34-20-21(2)3/h7-9,11-16,18-19,21H,4-6,10,17,20H2,1-3H3. The van der Waals surface area contributed by atoms with E-state index in [0.29, 0.717) is 28.3 Å². The van der Waals surface area contributed by atoms with Gasteiger partial charge in [0.25, 0.3) is 5.91 Å². The third kappa shape index (κ3) is 6.45. The molecule has 7 heteroatoms. The highest BCUT2D eigenvalue weighted by molar-refractivity contribution is 8.26. The SMILES string of the molecule is CCCCCCN1C(=O)C(=Cc2cn(-c3ccccc3)nc2-c2ccc(OCC(C)C)cc2)SC1=S. The Morgan fingerprint density at radius 2 is 1.81 bits per heavy atom. The summed E-state index contributed by atoms with van der Waals surface area (Å²) >= 11 is 6.92. The molecule has 2 aromatic carbocycles. The highest BCUT2D eigenvalue weighted by atomic mass is 32.2. The maximum atomic E-state index is 13.2. The van der Waals surface area contributed by atoms with Crippen LogP contribution in [-0.4, -0.2) is 38.1 Å². The molecule has 0 aliphatic carbocycles. The molecular formula is C29H33N3O2S2. The number of rotatable bonds is 11. The van der Waals surface area contributed by atoms with Gasteiger partial charge in [-0.05, 0) is 54.8 Å². The van der Waals surface area contributed by atoms with Crippen molar-refractivity contribution in [2.45, 2.75) is 46.5 Å². The maximum absolute atomic E-state index is 13.2. The molecule has 0 spiro atoms. The summed E-state index contributed by atoms with van der Waals surface area (Å²) in [6.07, 6.45) is 8.32. The molecular weight excluding hydrogens is 486 g/mol. The minimum Gasteiger partial charge on any atom is -0.493 e. The van der Waals surface area contributed by atoms with Crippen molar-refractivity contribution in [3.05, 3.63) is 71.3 Å². The van der Waals surface area contributed by atoms with E-state index in [-0.39, 0.29) is 5.91 Å². The second-order valence-electron chi connectivity index (χ2n) is 9.34. The summed E-state index contributed by atoms with van der Waals surface area (Å²) in [5.74, 6) is 1.28. The third-order valence-corrected chi connectivity index (χ3v) is 7.25. The smallest absolute Gasteiger partial charge is 0.266 e. The van der Waals surface area contributed by atoms with Crippen LogP contribution in [0.4, 0.5) is 0 Å². The normalized spacial score (nSPS) is 14.9. The van der Waals surface area contributed by atoms with Crippen LogP contribution in [0.15, 0.2) is 65.7 Å². The number of carbonyl (C=O) groups excluding carboxylic acids is 1. The van der Waals surface area contributed by atoms with Crippen LogP contribution in [0.25, 0.3) is 23.0 Å². The zero-order valence-corrected chi connectivity index (χ0v) is 22.8. The van der Waals surface area contributed by atoms with E-state index >= 15 is 0 Å². The monoisotopic (exact) mass is 519 g/mol. The first kappa shape index (κ1) is 26.2. The zero-order chi connectivity index (χ0) is 25.5. The lowest BCUT2D eigenvalue weighted by Crippen LogP contribution is -2.29. The van der Waals surface area contributed by atoms with E-state index in [1.807, 2.05) is 71.6 Å². The Bertz CT molecular complexity index is 1220. The van der Waals surface area contributed by atoms with E-state index in [1.165, 1.54) is 18.2 Å². The second-order valence-corrected chi connectivity index (χ2v) is 11.0. The van der Waals surface area contributed by atoms with Crippen molar-refractivity contribution >= 4 is 40.3 Å². The summed E-state index contributed by atoms with van der Waals surface area (Å²) in [5, 5.41) is 4.89. The number of ether oxygens (including phenoxy) is 1. The number of nitrogens with zero attached hydrogens (tertiary/aromatic N) is 3. The predicted octanol–water partition coefficient (Wildman–Crippen LogP) is 7.36. The van der Waals surface area contributed by atoms with Crippen LogP contribution < -0.4 is 4.74 Å². The van der Waals surface area contributed by atoms with Gasteiger partial charge in [0, 0.05) is 23.9 Å². The number of thiocarbonyl (C=S) groups is 1. The molecule has 1 saturated heterocycles. The van der Waals surface area contributed by atoms with Gasteiger partial charge in [-0.2, -0.15) is 5.10 Å². The minimum atomic E-state index is -0.0163. The van der Waals surface area contributed by atoms with Crippen molar-refractivity contribution in [1.29, 1.82) is 0 Å². The molecule has 1 aromatic heterocycles. The lowest BCUT2D eigenvalue weighted by molar-refractivity contribution is -0.122. The van der Waals surface area contributed by atoms with Crippen LogP contribution in [0.3, 0.4) is 0 Å². The van der Waals surface area contributed by atoms with Gasteiger partial charge in [-0.25, -0.2) is 4.68 Å². The van der Waals surface area contributed by atoms with E-state index in [2.05, 4.69) is 20.8 Å². The molecule has 3 aromatic rings. The topological polar surface area (TPSA) is 47.4 Å². The Kier molecular flexibility index (Phi) is 8.99. The number of aromatic nitrogens is 2. The Hall–Kier alpha value is -2.90. The van der Waals surface area contributed by atoms with E-state index in [4.69, 9.17) is 22.1 Å². The van der Waals surface area contributed by atoms with Crippen molar-refractivity contribution < 1.29 is 9.53 Å². The molecule has 0 unspecified atom stereocenters. The molecule has 4 rings (SSSR count). The molecule has 0 saturated carbocycles. The summed E-state index contributed by atoms with van der Waals surface area (Å²) in [6.45, 7) is 7.79. The number of hydrogen-bond donors (Lipinski definition) is 0. The highest BCUT2D eigenvalue weighted by Crippen LogP contribution is 2.35. The van der Waals surface area contributed by atoms with Gasteiger partial charge in [0.15, 0.2) is 0 Å². The van der Waals surface area contributed by atoms with E-state index < -0.39 is 0 Å². The third-order valence-electron chi connectivity index (χ3n) is 5.87. The summed E-state index contributed by atoms with van der Waals surface area (Å²) in [4.78, 5) is 15.6. The maximum Gasteiger partial charge on any atom is 0.266 e. The van der Waals surface area contributed by atoms with Crippen molar-refractivity contribution in [2.24, 2.45) is 5.92 Å². The molecule has 5 nitrogen and oxygen atoms in total. The van der Waals surface area contributed by atoms with Crippen LogP contribution in [0.2, 0.25) is 0 Å². The van der Waals surface area contributed by atoms with Gasteiger partial charge < -0.3 is 4.74 Å². The summed E-state index contributed by atoms with van der Waals surface area (Å²) in [5.41, 5.74) is 3.60. The quantitative estimate of drug-likeness (QED) is 0.150. The average molecular weight is 520 g/mol. The Labute approximate surface area is 223 Å². The lowest BCUT2D eigenvalue weighted by atomic mass is 10.1. The van der Waals surface area contributed by atoms with E-state index in [0.717, 1.165) is 47.5 Å². The van der Waals surface area contributed by atoms with Crippen molar-refractivity contribution in [3.8, 4) is 22.7 Å². The first-order chi connectivity index (χ1) is 17.5. The largest absolute Gasteiger partial charge is 0.493 e. The number of unbranched alkanes of at least 4 members (excludes halogenated alkanes) is 3. The molecule has 36 heavy (non-hydrogen) atoms. The second kappa shape index (κ2) is 12.4. The molecule has 0 radical (unpaired) electrons. The van der Waals surface area contributed by atoms with Crippen LogP contribution in [0.1, 0.15) is 52.0 Å².